The van der Waals surface area contributed by atoms with Crippen molar-refractivity contribution in [1.82, 2.24) is 0 Å². The molecule has 0 saturated carbocycles. The molecule has 0 aromatic heterocycles. The van der Waals surface area contributed by atoms with E-state index in [4.69, 9.17) is 9.05 Å². The second kappa shape index (κ2) is 6.69. The van der Waals surface area contributed by atoms with Crippen LogP contribution in [0.1, 0.15) is 45.7 Å². The van der Waals surface area contributed by atoms with Crippen LogP contribution >= 0.6 is 7.60 Å². The smallest absolute Gasteiger partial charge is 0.309 e. The zero-order valence-corrected chi connectivity index (χ0v) is 13.5. The zero-order chi connectivity index (χ0) is 14.5. The third-order valence-electron chi connectivity index (χ3n) is 2.85. The van der Waals surface area contributed by atoms with Gasteiger partial charge in [-0.25, -0.2) is 0 Å². The second-order valence-corrected chi connectivity index (χ2v) is 7.61. The van der Waals surface area contributed by atoms with Crippen LogP contribution in [-0.2, 0) is 25.2 Å². The third kappa shape index (κ3) is 5.10. The van der Waals surface area contributed by atoms with Crippen molar-refractivity contribution >= 4 is 7.60 Å². The molecule has 108 valence electrons. The highest BCUT2D eigenvalue weighted by Crippen LogP contribution is 2.51. The minimum Gasteiger partial charge on any atom is -0.309 e. The Hall–Kier alpha value is -0.630. The summed E-state index contributed by atoms with van der Waals surface area (Å²) in [4.78, 5) is 0. The molecule has 0 radical (unpaired) electrons. The van der Waals surface area contributed by atoms with Crippen LogP contribution in [0.5, 0.6) is 0 Å². The summed E-state index contributed by atoms with van der Waals surface area (Å²) in [5.41, 5.74) is 2.37. The van der Waals surface area contributed by atoms with E-state index in [9.17, 15) is 4.57 Å². The Morgan fingerprint density at radius 3 is 1.84 bits per heavy atom. The zero-order valence-electron chi connectivity index (χ0n) is 12.6. The standard InChI is InChI=1S/C15H25O3P/c1-6-17-19(16,18-7-2)12-13-8-10-14(11-9-13)15(3,4)5/h8-11H,6-7,12H2,1-5H3. The first-order valence-electron chi connectivity index (χ1n) is 6.78. The van der Waals surface area contributed by atoms with E-state index in [0.717, 1.165) is 5.56 Å². The van der Waals surface area contributed by atoms with Crippen LogP contribution in [0.15, 0.2) is 24.3 Å². The van der Waals surface area contributed by atoms with Crippen molar-refractivity contribution in [3.05, 3.63) is 35.4 Å². The van der Waals surface area contributed by atoms with Crippen LogP contribution in [0.2, 0.25) is 0 Å². The lowest BCUT2D eigenvalue weighted by molar-refractivity contribution is 0.219. The molecule has 0 atom stereocenters. The molecular formula is C15H25O3P. The summed E-state index contributed by atoms with van der Waals surface area (Å²) < 4.78 is 23.0. The molecular weight excluding hydrogens is 259 g/mol. The molecule has 0 saturated heterocycles. The molecule has 0 bridgehead atoms. The summed E-state index contributed by atoms with van der Waals surface area (Å²) in [7, 11) is -3.00. The van der Waals surface area contributed by atoms with Crippen molar-refractivity contribution < 1.29 is 13.6 Å². The summed E-state index contributed by atoms with van der Waals surface area (Å²) in [5, 5.41) is 0. The fraction of sp³-hybridized carbons (Fsp3) is 0.600. The van der Waals surface area contributed by atoms with Crippen molar-refractivity contribution in [3.63, 3.8) is 0 Å². The van der Waals surface area contributed by atoms with Crippen molar-refractivity contribution in [1.29, 1.82) is 0 Å². The van der Waals surface area contributed by atoms with E-state index < -0.39 is 7.60 Å². The number of hydrogen-bond donors (Lipinski definition) is 0. The lowest BCUT2D eigenvalue weighted by Gasteiger charge is -2.20. The Morgan fingerprint density at radius 1 is 1.00 bits per heavy atom. The first kappa shape index (κ1) is 16.4. The maximum atomic E-state index is 12.4. The average molecular weight is 284 g/mol. The highest BCUT2D eigenvalue weighted by molar-refractivity contribution is 7.53. The van der Waals surface area contributed by atoms with Crippen LogP contribution < -0.4 is 0 Å². The topological polar surface area (TPSA) is 35.5 Å². The molecule has 0 aliphatic rings. The molecule has 0 heterocycles. The predicted molar refractivity (Wildman–Crippen MR) is 79.7 cm³/mol. The summed E-state index contributed by atoms with van der Waals surface area (Å²) in [6.45, 7) is 11.0. The molecule has 0 aliphatic carbocycles. The Labute approximate surface area is 116 Å². The minimum absolute atomic E-state index is 0.127. The van der Waals surface area contributed by atoms with Crippen molar-refractivity contribution in [3.8, 4) is 0 Å². The molecule has 4 heteroatoms. The summed E-state index contributed by atoms with van der Waals surface area (Å²) in [6.07, 6.45) is 0.332. The first-order valence-corrected chi connectivity index (χ1v) is 8.51. The van der Waals surface area contributed by atoms with E-state index in [1.807, 2.05) is 26.0 Å². The van der Waals surface area contributed by atoms with E-state index in [-0.39, 0.29) is 5.41 Å². The Morgan fingerprint density at radius 2 is 1.47 bits per heavy atom. The van der Waals surface area contributed by atoms with Gasteiger partial charge in [-0.05, 0) is 30.4 Å². The quantitative estimate of drug-likeness (QED) is 0.707. The van der Waals surface area contributed by atoms with E-state index in [2.05, 4.69) is 32.9 Å². The average Bonchev–Trinajstić information content (AvgIpc) is 2.28. The normalized spacial score (nSPS) is 12.7. The second-order valence-electron chi connectivity index (χ2n) is 5.55. The molecule has 1 aromatic rings. The van der Waals surface area contributed by atoms with Crippen LogP contribution in [-0.4, -0.2) is 13.2 Å². The van der Waals surface area contributed by atoms with Gasteiger partial charge in [0, 0.05) is 0 Å². The van der Waals surface area contributed by atoms with Crippen LogP contribution in [0, 0.1) is 0 Å². The molecule has 19 heavy (non-hydrogen) atoms. The summed E-state index contributed by atoms with van der Waals surface area (Å²) in [5.74, 6) is 0. The van der Waals surface area contributed by atoms with Gasteiger partial charge in [0.05, 0.1) is 19.4 Å². The fourth-order valence-corrected chi connectivity index (χ4v) is 3.56. The maximum absolute atomic E-state index is 12.4. The molecule has 1 rings (SSSR count). The highest BCUT2D eigenvalue weighted by atomic mass is 31.2. The lowest BCUT2D eigenvalue weighted by Crippen LogP contribution is -2.10. The molecule has 0 N–H and O–H groups in total. The molecule has 0 amide bonds. The van der Waals surface area contributed by atoms with Crippen LogP contribution in [0.25, 0.3) is 0 Å². The fourth-order valence-electron chi connectivity index (χ4n) is 1.86. The molecule has 1 aromatic carbocycles. The predicted octanol–water partition coefficient (Wildman–Crippen LogP) is 4.75. The van der Waals surface area contributed by atoms with Crippen molar-refractivity contribution in [2.24, 2.45) is 0 Å². The Bertz CT molecular complexity index is 422. The Kier molecular flexibility index (Phi) is 5.79. The number of hydrogen-bond acceptors (Lipinski definition) is 3. The largest absolute Gasteiger partial charge is 0.335 e. The number of rotatable bonds is 6. The van der Waals surface area contributed by atoms with E-state index >= 15 is 0 Å². The Balaban J connectivity index is 2.84. The lowest BCUT2D eigenvalue weighted by atomic mass is 9.87. The SMILES string of the molecule is CCOP(=O)(Cc1ccc(C(C)(C)C)cc1)OCC. The van der Waals surface area contributed by atoms with Gasteiger partial charge in [0.25, 0.3) is 0 Å². The van der Waals surface area contributed by atoms with Gasteiger partial charge in [-0.1, -0.05) is 45.0 Å². The van der Waals surface area contributed by atoms with Gasteiger partial charge in [0.1, 0.15) is 0 Å². The van der Waals surface area contributed by atoms with Gasteiger partial charge in [-0.2, -0.15) is 0 Å². The molecule has 0 aliphatic heterocycles. The van der Waals surface area contributed by atoms with E-state index in [0.29, 0.717) is 19.4 Å². The first-order chi connectivity index (χ1) is 8.80. The minimum atomic E-state index is -3.00. The van der Waals surface area contributed by atoms with Gasteiger partial charge < -0.3 is 9.05 Å². The van der Waals surface area contributed by atoms with Gasteiger partial charge in [-0.15, -0.1) is 0 Å². The van der Waals surface area contributed by atoms with Gasteiger partial charge in [-0.3, -0.25) is 4.57 Å². The summed E-state index contributed by atoms with van der Waals surface area (Å²) in [6, 6.07) is 8.17. The molecule has 0 unspecified atom stereocenters. The van der Waals surface area contributed by atoms with E-state index in [1.54, 1.807) is 0 Å². The highest BCUT2D eigenvalue weighted by Gasteiger charge is 2.24. The molecule has 0 spiro atoms. The molecule has 3 nitrogen and oxygen atoms in total. The van der Waals surface area contributed by atoms with Gasteiger partial charge in [0.15, 0.2) is 0 Å². The molecule has 0 fully saturated rings. The van der Waals surface area contributed by atoms with Crippen molar-refractivity contribution in [2.75, 3.05) is 13.2 Å². The van der Waals surface area contributed by atoms with Crippen molar-refractivity contribution in [2.45, 2.75) is 46.2 Å². The van der Waals surface area contributed by atoms with Gasteiger partial charge in [0.2, 0.25) is 0 Å². The number of benzene rings is 1. The van der Waals surface area contributed by atoms with Crippen LogP contribution in [0.4, 0.5) is 0 Å². The monoisotopic (exact) mass is 284 g/mol. The summed E-state index contributed by atoms with van der Waals surface area (Å²) >= 11 is 0. The third-order valence-corrected chi connectivity index (χ3v) is 4.90. The maximum Gasteiger partial charge on any atom is 0.335 e. The van der Waals surface area contributed by atoms with Gasteiger partial charge >= 0.3 is 7.60 Å². The van der Waals surface area contributed by atoms with Crippen LogP contribution in [0.3, 0.4) is 0 Å². The van der Waals surface area contributed by atoms with E-state index in [1.165, 1.54) is 5.56 Å².